The average Bonchev–Trinajstić information content (AvgIpc) is 3.85. The summed E-state index contributed by atoms with van der Waals surface area (Å²) in [6.07, 6.45) is 0. The molecule has 0 aliphatic carbocycles. The molecule has 8 aromatic carbocycles. The summed E-state index contributed by atoms with van der Waals surface area (Å²) in [5.74, 6) is 0.669. The maximum absolute atomic E-state index is 9.72. The van der Waals surface area contributed by atoms with Gasteiger partial charge in [-0.1, -0.05) is 115 Å². The van der Waals surface area contributed by atoms with Crippen LogP contribution in [-0.2, 0) is 0 Å². The minimum Gasteiger partial charge on any atom is -0.319 e. The van der Waals surface area contributed by atoms with Crippen LogP contribution < -0.4 is 0 Å². The number of rotatable bonds is 6. The number of para-hydroxylation sites is 1. The topological polar surface area (TPSA) is 68.2 Å². The van der Waals surface area contributed by atoms with Crippen LogP contribution >= 0.6 is 0 Å². The molecule has 11 aromatic rings. The average molecular weight is 790 g/mol. The quantitative estimate of drug-likeness (QED) is 0.158. The predicted octanol–water partition coefficient (Wildman–Crippen LogP) is 14.3. The van der Waals surface area contributed by atoms with Crippen molar-refractivity contribution < 1.29 is 0 Å². The van der Waals surface area contributed by atoms with E-state index in [0.29, 0.717) is 22.8 Å². The lowest BCUT2D eigenvalue weighted by molar-refractivity contribution is 1.17. The van der Waals surface area contributed by atoms with Gasteiger partial charge in [-0.2, -0.15) is 5.26 Å². The number of nitriles is 1. The molecular weight excluding hydrogens is 759 g/mol. The van der Waals surface area contributed by atoms with Crippen molar-refractivity contribution >= 4 is 55.0 Å². The van der Waals surface area contributed by atoms with Crippen LogP contribution in [-0.4, -0.2) is 19.1 Å². The Hall–Kier alpha value is -9.09. The molecule has 0 unspecified atom stereocenters. The van der Waals surface area contributed by atoms with Crippen molar-refractivity contribution in [1.29, 1.82) is 5.26 Å². The lowest BCUT2D eigenvalue weighted by Gasteiger charge is -2.13. The van der Waals surface area contributed by atoms with E-state index >= 15 is 0 Å². The van der Waals surface area contributed by atoms with E-state index in [0.717, 1.165) is 94.2 Å². The molecule has 3 aromatic heterocycles. The summed E-state index contributed by atoms with van der Waals surface area (Å²) in [6, 6.07) is 65.2. The molecule has 0 N–H and O–H groups in total. The van der Waals surface area contributed by atoms with Crippen LogP contribution in [0.25, 0.3) is 110 Å². The summed E-state index contributed by atoms with van der Waals surface area (Å²) >= 11 is 0. The molecule has 0 saturated carbocycles. The van der Waals surface area contributed by atoms with E-state index in [1.165, 1.54) is 0 Å². The van der Waals surface area contributed by atoms with E-state index in [-0.39, 0.29) is 0 Å². The zero-order valence-electron chi connectivity index (χ0n) is 33.0. The minimum absolute atomic E-state index is 0.542. The van der Waals surface area contributed by atoms with Crippen LogP contribution in [0.3, 0.4) is 0 Å². The van der Waals surface area contributed by atoms with Gasteiger partial charge in [0.1, 0.15) is 0 Å². The number of fused-ring (bicyclic) bond motifs is 6. The van der Waals surface area contributed by atoms with Crippen LogP contribution in [0.1, 0.15) is 5.56 Å². The molecular formula is C55H31N7. The van der Waals surface area contributed by atoms with Crippen LogP contribution in [0.2, 0.25) is 0 Å². The number of benzene rings is 8. The highest BCUT2D eigenvalue weighted by atomic mass is 15.0. The van der Waals surface area contributed by atoms with Gasteiger partial charge >= 0.3 is 0 Å². The van der Waals surface area contributed by atoms with Gasteiger partial charge in [-0.05, 0) is 89.3 Å². The van der Waals surface area contributed by atoms with E-state index < -0.39 is 0 Å². The van der Waals surface area contributed by atoms with Gasteiger partial charge in [-0.15, -0.1) is 0 Å². The van der Waals surface area contributed by atoms with Crippen molar-refractivity contribution in [2.24, 2.45) is 0 Å². The smallest absolute Gasteiger partial charge is 0.211 e. The van der Waals surface area contributed by atoms with E-state index in [9.17, 15) is 5.26 Å². The fourth-order valence-corrected chi connectivity index (χ4v) is 8.67. The Labute approximate surface area is 356 Å². The van der Waals surface area contributed by atoms with E-state index in [2.05, 4.69) is 97.7 Å². The van der Waals surface area contributed by atoms with Gasteiger partial charge in [0, 0.05) is 38.5 Å². The van der Waals surface area contributed by atoms with Crippen LogP contribution in [0.5, 0.6) is 0 Å². The van der Waals surface area contributed by atoms with E-state index in [1.54, 1.807) is 0 Å². The van der Waals surface area contributed by atoms with E-state index in [4.69, 9.17) is 23.1 Å². The predicted molar refractivity (Wildman–Crippen MR) is 250 cm³/mol. The number of hydrogen-bond donors (Lipinski definition) is 0. The molecule has 0 saturated heterocycles. The first-order valence-electron chi connectivity index (χ1n) is 20.1. The SMILES string of the molecule is [C-]#[N+]c1ccc2c(c1)c1cc(C#N)ccc1n2-c1ccc2c(c1)c1ccccc1n2-c1ccc(-c2ccc(-c3cc(-c4ccccc4)nc(-c4ccccc4)n3)cc2)cc1[N+]#[C-]. The first kappa shape index (κ1) is 36.0. The van der Waals surface area contributed by atoms with Gasteiger partial charge in [-0.25, -0.2) is 19.7 Å². The summed E-state index contributed by atoms with van der Waals surface area (Å²) in [6.45, 7) is 16.0. The van der Waals surface area contributed by atoms with Crippen molar-refractivity contribution in [3.05, 3.63) is 216 Å². The summed E-state index contributed by atoms with van der Waals surface area (Å²) in [4.78, 5) is 17.7. The lowest BCUT2D eigenvalue weighted by atomic mass is 10.0. The molecule has 7 nitrogen and oxygen atoms in total. The van der Waals surface area contributed by atoms with Crippen LogP contribution in [0.4, 0.5) is 11.4 Å². The number of aromatic nitrogens is 4. The molecule has 0 aliphatic rings. The second kappa shape index (κ2) is 14.6. The molecule has 0 radical (unpaired) electrons. The largest absolute Gasteiger partial charge is 0.319 e. The summed E-state index contributed by atoms with van der Waals surface area (Å²) in [5, 5.41) is 13.7. The minimum atomic E-state index is 0.542. The molecule has 0 amide bonds. The molecule has 286 valence electrons. The monoisotopic (exact) mass is 789 g/mol. The van der Waals surface area contributed by atoms with Gasteiger partial charge in [0.2, 0.25) is 5.69 Å². The van der Waals surface area contributed by atoms with Crippen molar-refractivity contribution in [2.45, 2.75) is 0 Å². The summed E-state index contributed by atoms with van der Waals surface area (Å²) < 4.78 is 4.39. The third kappa shape index (κ3) is 5.96. The highest BCUT2D eigenvalue weighted by molar-refractivity contribution is 6.13. The Kier molecular flexibility index (Phi) is 8.50. The summed E-state index contributed by atoms with van der Waals surface area (Å²) in [5.41, 5.74) is 13.9. The second-order valence-electron chi connectivity index (χ2n) is 15.1. The second-order valence-corrected chi connectivity index (χ2v) is 15.1. The highest BCUT2D eigenvalue weighted by Gasteiger charge is 2.19. The fourth-order valence-electron chi connectivity index (χ4n) is 8.67. The Morgan fingerprint density at radius 3 is 1.74 bits per heavy atom. The molecule has 0 bridgehead atoms. The van der Waals surface area contributed by atoms with Crippen LogP contribution in [0.15, 0.2) is 188 Å². The number of nitrogens with zero attached hydrogens (tertiary/aromatic N) is 7. The Morgan fingerprint density at radius 2 is 1.02 bits per heavy atom. The standard InChI is InChI=1S/C55H31N7/c1-57-41-23-27-52-45(31-41)44-29-35(34-56)17-25-51(44)61(52)42-24-28-53-46(32-42)43-15-9-10-16-50(43)62(53)54-26-22-40(30-49(54)58-2)36-18-20-38(21-19-36)48-33-47(37-11-5-3-6-12-37)59-55(60-48)39-13-7-4-8-14-39/h3-33H. The van der Waals surface area contributed by atoms with Gasteiger partial charge in [0.25, 0.3) is 0 Å². The van der Waals surface area contributed by atoms with Crippen molar-refractivity contribution in [1.82, 2.24) is 19.1 Å². The maximum Gasteiger partial charge on any atom is 0.211 e. The normalized spacial score (nSPS) is 11.2. The highest BCUT2D eigenvalue weighted by Crippen LogP contribution is 2.41. The molecule has 0 atom stereocenters. The fraction of sp³-hybridized carbons (Fsp3) is 0. The first-order valence-corrected chi connectivity index (χ1v) is 20.1. The zero-order valence-corrected chi connectivity index (χ0v) is 33.0. The van der Waals surface area contributed by atoms with Crippen molar-refractivity contribution in [3.63, 3.8) is 0 Å². The van der Waals surface area contributed by atoms with Crippen molar-refractivity contribution in [3.8, 4) is 62.5 Å². The van der Waals surface area contributed by atoms with Gasteiger partial charge in [0.15, 0.2) is 11.5 Å². The van der Waals surface area contributed by atoms with E-state index in [1.807, 2.05) is 115 Å². The zero-order chi connectivity index (χ0) is 41.7. The Balaban J connectivity index is 0.991. The maximum atomic E-state index is 9.72. The molecule has 0 spiro atoms. The third-order valence-electron chi connectivity index (χ3n) is 11.6. The Morgan fingerprint density at radius 1 is 0.435 bits per heavy atom. The first-order chi connectivity index (χ1) is 30.6. The third-order valence-corrected chi connectivity index (χ3v) is 11.6. The van der Waals surface area contributed by atoms with Crippen molar-refractivity contribution in [2.75, 3.05) is 0 Å². The molecule has 3 heterocycles. The molecule has 11 rings (SSSR count). The van der Waals surface area contributed by atoms with Gasteiger partial charge in [-0.3, -0.25) is 0 Å². The summed E-state index contributed by atoms with van der Waals surface area (Å²) in [7, 11) is 0. The molecule has 62 heavy (non-hydrogen) atoms. The molecule has 0 fully saturated rings. The van der Waals surface area contributed by atoms with Gasteiger partial charge in [0.05, 0.1) is 63.9 Å². The van der Waals surface area contributed by atoms with Gasteiger partial charge < -0.3 is 9.13 Å². The molecule has 0 aliphatic heterocycles. The van der Waals surface area contributed by atoms with Crippen LogP contribution in [0, 0.1) is 24.5 Å². The number of hydrogen-bond acceptors (Lipinski definition) is 3. The molecule has 7 heteroatoms. The lowest BCUT2D eigenvalue weighted by Crippen LogP contribution is -1.96. The Bertz CT molecular complexity index is 3580.